The molecular weight excluding hydrogens is 255 g/mol. The highest BCUT2D eigenvalue weighted by atomic mass is 79.9. The molecule has 1 aromatic rings. The number of hydrogen-bond acceptors (Lipinski definition) is 2. The first kappa shape index (κ1) is 11.0. The van der Waals surface area contributed by atoms with E-state index in [4.69, 9.17) is 16.7 Å². The number of hydrogen-bond donors (Lipinski definition) is 2. The summed E-state index contributed by atoms with van der Waals surface area (Å²) in [6.07, 6.45) is -0.285. The van der Waals surface area contributed by atoms with Crippen LogP contribution in [0.2, 0.25) is 5.02 Å². The van der Waals surface area contributed by atoms with Crippen LogP contribution in [0.1, 0.15) is 18.1 Å². The van der Waals surface area contributed by atoms with Gasteiger partial charge in [-0.25, -0.2) is 0 Å². The van der Waals surface area contributed by atoms with E-state index in [-0.39, 0.29) is 6.61 Å². The maximum atomic E-state index is 9.51. The molecular formula is C9H10BrClO2. The van der Waals surface area contributed by atoms with Crippen LogP contribution in [0.25, 0.3) is 0 Å². The molecule has 0 radical (unpaired) electrons. The lowest BCUT2D eigenvalue weighted by atomic mass is 10.1. The minimum absolute atomic E-state index is 0.0264. The Morgan fingerprint density at radius 3 is 2.69 bits per heavy atom. The van der Waals surface area contributed by atoms with Gasteiger partial charge in [-0.15, -0.1) is 0 Å². The maximum absolute atomic E-state index is 9.51. The van der Waals surface area contributed by atoms with Crippen LogP contribution in [0.3, 0.4) is 0 Å². The average Bonchev–Trinajstić information content (AvgIpc) is 2.10. The molecule has 4 heteroatoms. The molecule has 1 atom stereocenters. The molecule has 0 aliphatic carbocycles. The molecule has 0 amide bonds. The second kappa shape index (κ2) is 4.96. The maximum Gasteiger partial charge on any atom is 0.0812 e. The Balaban J connectivity index is 2.84. The van der Waals surface area contributed by atoms with Crippen LogP contribution < -0.4 is 0 Å². The zero-order chi connectivity index (χ0) is 9.84. The normalized spacial score (nSPS) is 12.9. The van der Waals surface area contributed by atoms with Gasteiger partial charge >= 0.3 is 0 Å². The van der Waals surface area contributed by atoms with Crippen molar-refractivity contribution in [2.45, 2.75) is 12.5 Å². The summed E-state index contributed by atoms with van der Waals surface area (Å²) in [6, 6.07) is 5.21. The van der Waals surface area contributed by atoms with Crippen LogP contribution in [0.5, 0.6) is 0 Å². The van der Waals surface area contributed by atoms with E-state index < -0.39 is 6.10 Å². The zero-order valence-electron chi connectivity index (χ0n) is 6.87. The number of rotatable bonds is 3. The lowest BCUT2D eigenvalue weighted by Gasteiger charge is -2.09. The van der Waals surface area contributed by atoms with Crippen molar-refractivity contribution in [1.29, 1.82) is 0 Å². The van der Waals surface area contributed by atoms with Gasteiger partial charge in [-0.1, -0.05) is 17.7 Å². The van der Waals surface area contributed by atoms with Crippen molar-refractivity contribution in [2.24, 2.45) is 0 Å². The molecule has 0 spiro atoms. The predicted octanol–water partition coefficient (Wildman–Crippen LogP) is 2.52. The quantitative estimate of drug-likeness (QED) is 0.882. The number of benzene rings is 1. The highest BCUT2D eigenvalue weighted by Crippen LogP contribution is 2.26. The number of halogens is 2. The molecule has 0 aliphatic rings. The molecule has 1 aromatic carbocycles. The van der Waals surface area contributed by atoms with E-state index in [1.165, 1.54) is 0 Å². The Morgan fingerprint density at radius 2 is 2.15 bits per heavy atom. The second-order valence-electron chi connectivity index (χ2n) is 2.70. The van der Waals surface area contributed by atoms with Crippen LogP contribution in [0.15, 0.2) is 22.7 Å². The molecule has 0 heterocycles. The van der Waals surface area contributed by atoms with Crippen molar-refractivity contribution >= 4 is 27.5 Å². The zero-order valence-corrected chi connectivity index (χ0v) is 9.22. The first-order valence-corrected chi connectivity index (χ1v) is 5.06. The van der Waals surface area contributed by atoms with Crippen molar-refractivity contribution in [2.75, 3.05) is 6.61 Å². The fraction of sp³-hybridized carbons (Fsp3) is 0.333. The molecule has 13 heavy (non-hydrogen) atoms. The van der Waals surface area contributed by atoms with Crippen molar-refractivity contribution in [3.8, 4) is 0 Å². The van der Waals surface area contributed by atoms with Gasteiger partial charge < -0.3 is 10.2 Å². The van der Waals surface area contributed by atoms with Crippen LogP contribution >= 0.6 is 27.5 Å². The summed E-state index contributed by atoms with van der Waals surface area (Å²) in [6.45, 7) is -0.0264. The minimum Gasteiger partial charge on any atom is -0.396 e. The summed E-state index contributed by atoms with van der Waals surface area (Å²) in [5.41, 5.74) is 0.755. The standard InChI is InChI=1S/C9H10BrClO2/c10-7-5-6(1-2-8(7)11)9(13)3-4-12/h1-2,5,9,12-13H,3-4H2. The third-order valence-corrected chi connectivity index (χ3v) is 2.94. The van der Waals surface area contributed by atoms with Gasteiger partial charge in [0.15, 0.2) is 0 Å². The SMILES string of the molecule is OCCC(O)c1ccc(Cl)c(Br)c1. The van der Waals surface area contributed by atoms with Gasteiger partial charge in [0.05, 0.1) is 11.1 Å². The van der Waals surface area contributed by atoms with Gasteiger partial charge in [0.25, 0.3) is 0 Å². The molecule has 2 nitrogen and oxygen atoms in total. The van der Waals surface area contributed by atoms with Gasteiger partial charge in [0.2, 0.25) is 0 Å². The van der Waals surface area contributed by atoms with E-state index >= 15 is 0 Å². The number of aliphatic hydroxyl groups excluding tert-OH is 2. The van der Waals surface area contributed by atoms with E-state index in [2.05, 4.69) is 15.9 Å². The summed E-state index contributed by atoms with van der Waals surface area (Å²) in [4.78, 5) is 0. The molecule has 1 rings (SSSR count). The topological polar surface area (TPSA) is 40.5 Å². The van der Waals surface area contributed by atoms with Gasteiger partial charge in [-0.05, 0) is 33.6 Å². The molecule has 1 unspecified atom stereocenters. The molecule has 0 saturated heterocycles. The fourth-order valence-corrected chi connectivity index (χ4v) is 1.52. The molecule has 0 fully saturated rings. The van der Waals surface area contributed by atoms with Crippen molar-refractivity contribution in [3.05, 3.63) is 33.3 Å². The average molecular weight is 266 g/mol. The molecule has 0 bridgehead atoms. The monoisotopic (exact) mass is 264 g/mol. The van der Waals surface area contributed by atoms with E-state index in [9.17, 15) is 5.11 Å². The summed E-state index contributed by atoms with van der Waals surface area (Å²) < 4.78 is 0.753. The molecule has 0 aromatic heterocycles. The van der Waals surface area contributed by atoms with Crippen LogP contribution in [-0.2, 0) is 0 Å². The van der Waals surface area contributed by atoms with Crippen LogP contribution in [0.4, 0.5) is 0 Å². The Morgan fingerprint density at radius 1 is 1.46 bits per heavy atom. The van der Waals surface area contributed by atoms with Gasteiger partial charge in [-0.3, -0.25) is 0 Å². The Bertz CT molecular complexity index is 291. The highest BCUT2D eigenvalue weighted by Gasteiger charge is 2.07. The Labute approximate surface area is 90.3 Å². The van der Waals surface area contributed by atoms with E-state index in [1.807, 2.05) is 0 Å². The van der Waals surface area contributed by atoms with Crippen molar-refractivity contribution in [1.82, 2.24) is 0 Å². The fourth-order valence-electron chi connectivity index (χ4n) is 1.01. The Kier molecular flexibility index (Phi) is 4.19. The molecule has 0 saturated carbocycles. The largest absolute Gasteiger partial charge is 0.396 e. The van der Waals surface area contributed by atoms with Crippen molar-refractivity contribution < 1.29 is 10.2 Å². The predicted molar refractivity (Wildman–Crippen MR) is 55.8 cm³/mol. The third-order valence-electron chi connectivity index (χ3n) is 1.73. The van der Waals surface area contributed by atoms with Crippen LogP contribution in [0, 0.1) is 0 Å². The minimum atomic E-state index is -0.626. The van der Waals surface area contributed by atoms with Crippen molar-refractivity contribution in [3.63, 3.8) is 0 Å². The molecule has 2 N–H and O–H groups in total. The van der Waals surface area contributed by atoms with E-state index in [0.717, 1.165) is 10.0 Å². The summed E-state index contributed by atoms with van der Waals surface area (Å²) in [5, 5.41) is 18.7. The first-order chi connectivity index (χ1) is 6.15. The summed E-state index contributed by atoms with van der Waals surface area (Å²) in [7, 11) is 0. The van der Waals surface area contributed by atoms with Gasteiger partial charge in [0, 0.05) is 17.5 Å². The lowest BCUT2D eigenvalue weighted by molar-refractivity contribution is 0.134. The summed E-state index contributed by atoms with van der Waals surface area (Å²) >= 11 is 9.04. The first-order valence-electron chi connectivity index (χ1n) is 3.89. The smallest absolute Gasteiger partial charge is 0.0812 e. The highest BCUT2D eigenvalue weighted by molar-refractivity contribution is 9.10. The number of aliphatic hydroxyl groups is 2. The second-order valence-corrected chi connectivity index (χ2v) is 3.96. The lowest BCUT2D eigenvalue weighted by Crippen LogP contribution is -1.99. The third kappa shape index (κ3) is 2.95. The Hall–Kier alpha value is -0.0900. The van der Waals surface area contributed by atoms with Gasteiger partial charge in [-0.2, -0.15) is 0 Å². The molecule has 0 aliphatic heterocycles. The molecule has 72 valence electrons. The summed E-state index contributed by atoms with van der Waals surface area (Å²) in [5.74, 6) is 0. The van der Waals surface area contributed by atoms with Gasteiger partial charge in [0.1, 0.15) is 0 Å². The van der Waals surface area contributed by atoms with E-state index in [0.29, 0.717) is 11.4 Å². The van der Waals surface area contributed by atoms with E-state index in [1.54, 1.807) is 18.2 Å². The van der Waals surface area contributed by atoms with Crippen LogP contribution in [-0.4, -0.2) is 16.8 Å².